The lowest BCUT2D eigenvalue weighted by Gasteiger charge is -2.21. The molecule has 23 heavy (non-hydrogen) atoms. The van der Waals surface area contributed by atoms with Crippen LogP contribution >= 0.6 is 0 Å². The number of H-pyrrole nitrogens is 1. The van der Waals surface area contributed by atoms with Crippen molar-refractivity contribution < 1.29 is 9.47 Å². The highest BCUT2D eigenvalue weighted by Crippen LogP contribution is 2.39. The van der Waals surface area contributed by atoms with Crippen molar-refractivity contribution in [3.05, 3.63) is 39.2 Å². The minimum atomic E-state index is -0.631. The van der Waals surface area contributed by atoms with E-state index in [4.69, 9.17) is 15.2 Å². The highest BCUT2D eigenvalue weighted by Gasteiger charge is 2.22. The van der Waals surface area contributed by atoms with Gasteiger partial charge in [-0.05, 0) is 30.2 Å². The number of hydrogen-bond acceptors (Lipinski definition) is 6. The Kier molecular flexibility index (Phi) is 3.40. The van der Waals surface area contributed by atoms with Crippen molar-refractivity contribution in [2.24, 2.45) is 0 Å². The Labute approximate surface area is 131 Å². The van der Waals surface area contributed by atoms with Gasteiger partial charge in [-0.1, -0.05) is 0 Å². The second-order valence-electron chi connectivity index (χ2n) is 5.03. The van der Waals surface area contributed by atoms with Gasteiger partial charge in [0.1, 0.15) is 42.3 Å². The van der Waals surface area contributed by atoms with E-state index in [9.17, 15) is 15.3 Å². The molecule has 3 rings (SSSR count). The largest absolute Gasteiger partial charge is 0.486 e. The molecule has 0 amide bonds. The quantitative estimate of drug-likeness (QED) is 0.821. The van der Waals surface area contributed by atoms with Gasteiger partial charge in [-0.3, -0.25) is 4.79 Å². The van der Waals surface area contributed by atoms with Gasteiger partial charge in [0.25, 0.3) is 5.56 Å². The van der Waals surface area contributed by atoms with Crippen LogP contribution in [0.1, 0.15) is 16.7 Å². The van der Waals surface area contributed by atoms with E-state index in [1.54, 1.807) is 19.1 Å². The van der Waals surface area contributed by atoms with Gasteiger partial charge in [0.05, 0.1) is 0 Å². The number of hydrogen-bond donors (Lipinski definition) is 2. The number of rotatable bonds is 1. The number of aromatic amines is 1. The number of nitrogens with one attached hydrogen (secondary N) is 1. The number of fused-ring (bicyclic) bond motifs is 1. The third kappa shape index (κ3) is 2.25. The summed E-state index contributed by atoms with van der Waals surface area (Å²) in [5, 5.41) is 18.7. The van der Waals surface area contributed by atoms with Gasteiger partial charge in [0.15, 0.2) is 11.5 Å². The number of aryl methyl sites for hydroxylation is 1. The predicted octanol–water partition coefficient (Wildman–Crippen LogP) is 1.45. The molecular formula is C16H12N4O3. The Bertz CT molecular complexity index is 948. The molecule has 3 N–H and O–H groups in total. The smallest absolute Gasteiger partial charge is 0.268 e. The maximum absolute atomic E-state index is 12.0. The summed E-state index contributed by atoms with van der Waals surface area (Å²) in [5.74, 6) is 1.02. The summed E-state index contributed by atoms with van der Waals surface area (Å²) in [6.45, 7) is 2.66. The monoisotopic (exact) mass is 308 g/mol. The normalized spacial score (nSPS) is 12.3. The van der Waals surface area contributed by atoms with Gasteiger partial charge < -0.3 is 20.2 Å². The molecule has 7 heteroatoms. The van der Waals surface area contributed by atoms with Crippen LogP contribution in [0.5, 0.6) is 11.5 Å². The Morgan fingerprint density at radius 3 is 2.35 bits per heavy atom. The maximum atomic E-state index is 12.0. The van der Waals surface area contributed by atoms with Crippen molar-refractivity contribution in [1.29, 1.82) is 10.5 Å². The van der Waals surface area contributed by atoms with Crippen LogP contribution in [-0.2, 0) is 0 Å². The minimum absolute atomic E-state index is 0.0564. The highest BCUT2D eigenvalue weighted by atomic mass is 16.6. The van der Waals surface area contributed by atoms with Crippen LogP contribution in [0.4, 0.5) is 5.82 Å². The van der Waals surface area contributed by atoms with Crippen molar-refractivity contribution in [3.63, 3.8) is 0 Å². The van der Waals surface area contributed by atoms with E-state index in [1.165, 1.54) is 0 Å². The Hall–Kier alpha value is -3.45. The van der Waals surface area contributed by atoms with Crippen LogP contribution in [-0.4, -0.2) is 18.2 Å². The molecule has 0 radical (unpaired) electrons. The average Bonchev–Trinajstić information content (AvgIpc) is 2.53. The van der Waals surface area contributed by atoms with Gasteiger partial charge in [-0.2, -0.15) is 10.5 Å². The number of nitrogens with two attached hydrogens (primary N) is 1. The van der Waals surface area contributed by atoms with Crippen molar-refractivity contribution in [3.8, 4) is 34.8 Å². The van der Waals surface area contributed by atoms with E-state index in [-0.39, 0.29) is 22.5 Å². The number of nitrogen functional groups attached to an aromatic ring is 1. The van der Waals surface area contributed by atoms with Crippen molar-refractivity contribution in [1.82, 2.24) is 4.98 Å². The van der Waals surface area contributed by atoms with Gasteiger partial charge >= 0.3 is 0 Å². The fraction of sp³-hybridized carbons (Fsp3) is 0.188. The van der Waals surface area contributed by atoms with Crippen molar-refractivity contribution in [2.75, 3.05) is 18.9 Å². The molecule has 1 aromatic carbocycles. The van der Waals surface area contributed by atoms with E-state index in [0.717, 1.165) is 5.56 Å². The number of nitrogens with zero attached hydrogens (tertiary/aromatic N) is 2. The first-order valence-electron chi connectivity index (χ1n) is 6.83. The summed E-state index contributed by atoms with van der Waals surface area (Å²) in [6.07, 6.45) is 0. The maximum Gasteiger partial charge on any atom is 0.268 e. The summed E-state index contributed by atoms with van der Waals surface area (Å²) >= 11 is 0. The standard InChI is InChI=1S/C16H12N4O3/c1-8-4-12-13(23-3-2-22-12)5-9(8)14-10(6-17)15(19)20-16(21)11(14)7-18/h4-5H,2-3H2,1H3,(H3,19,20,21). The van der Waals surface area contributed by atoms with E-state index in [1.807, 2.05) is 12.1 Å². The molecule has 0 spiro atoms. The van der Waals surface area contributed by atoms with Crippen LogP contribution in [0.2, 0.25) is 0 Å². The number of ether oxygens (including phenoxy) is 2. The van der Waals surface area contributed by atoms with Crippen LogP contribution in [0.3, 0.4) is 0 Å². The predicted molar refractivity (Wildman–Crippen MR) is 82.1 cm³/mol. The molecule has 0 bridgehead atoms. The first-order chi connectivity index (χ1) is 11.1. The Morgan fingerprint density at radius 2 is 1.74 bits per heavy atom. The molecule has 0 aliphatic carbocycles. The molecule has 1 aliphatic heterocycles. The minimum Gasteiger partial charge on any atom is -0.486 e. The Balaban J connectivity index is 2.38. The first kappa shape index (κ1) is 14.5. The molecule has 0 fully saturated rings. The fourth-order valence-electron chi connectivity index (χ4n) is 2.57. The van der Waals surface area contributed by atoms with Crippen LogP contribution in [0.15, 0.2) is 16.9 Å². The number of benzene rings is 1. The van der Waals surface area contributed by atoms with Crippen molar-refractivity contribution in [2.45, 2.75) is 6.92 Å². The average molecular weight is 308 g/mol. The molecule has 0 atom stereocenters. The second kappa shape index (κ2) is 5.39. The third-order valence-corrected chi connectivity index (χ3v) is 3.63. The van der Waals surface area contributed by atoms with Gasteiger partial charge in [-0.25, -0.2) is 0 Å². The van der Waals surface area contributed by atoms with Crippen LogP contribution < -0.4 is 20.8 Å². The van der Waals surface area contributed by atoms with Gasteiger partial charge in [0, 0.05) is 5.56 Å². The summed E-state index contributed by atoms with van der Waals surface area (Å²) in [6, 6.07) is 7.22. The molecule has 1 aliphatic rings. The van der Waals surface area contributed by atoms with E-state index >= 15 is 0 Å². The van der Waals surface area contributed by atoms with E-state index < -0.39 is 5.56 Å². The lowest BCUT2D eigenvalue weighted by molar-refractivity contribution is 0.171. The zero-order chi connectivity index (χ0) is 16.6. The van der Waals surface area contributed by atoms with Gasteiger partial charge in [-0.15, -0.1) is 0 Å². The van der Waals surface area contributed by atoms with E-state index in [2.05, 4.69) is 4.98 Å². The molecule has 0 unspecified atom stereocenters. The third-order valence-electron chi connectivity index (χ3n) is 3.63. The number of aromatic nitrogens is 1. The number of pyridine rings is 1. The lowest BCUT2D eigenvalue weighted by Crippen LogP contribution is -2.18. The zero-order valence-electron chi connectivity index (χ0n) is 12.3. The first-order valence-corrected chi connectivity index (χ1v) is 6.83. The molecular weight excluding hydrogens is 296 g/mol. The zero-order valence-corrected chi connectivity index (χ0v) is 12.3. The van der Waals surface area contributed by atoms with Crippen LogP contribution in [0.25, 0.3) is 11.1 Å². The molecule has 0 saturated heterocycles. The molecule has 7 nitrogen and oxygen atoms in total. The summed E-state index contributed by atoms with van der Waals surface area (Å²) in [7, 11) is 0. The molecule has 2 aromatic rings. The number of anilines is 1. The Morgan fingerprint density at radius 1 is 1.13 bits per heavy atom. The van der Waals surface area contributed by atoms with Crippen LogP contribution in [0, 0.1) is 29.6 Å². The van der Waals surface area contributed by atoms with Gasteiger partial charge in [0.2, 0.25) is 0 Å². The molecule has 114 valence electrons. The summed E-state index contributed by atoms with van der Waals surface area (Å²) in [4.78, 5) is 14.3. The second-order valence-corrected chi connectivity index (χ2v) is 5.03. The number of nitriles is 2. The summed E-state index contributed by atoms with van der Waals surface area (Å²) in [5.41, 5.74) is 6.50. The lowest BCUT2D eigenvalue weighted by atomic mass is 9.93. The molecule has 1 aromatic heterocycles. The van der Waals surface area contributed by atoms with E-state index in [0.29, 0.717) is 30.3 Å². The fourth-order valence-corrected chi connectivity index (χ4v) is 2.57. The molecule has 2 heterocycles. The summed E-state index contributed by atoms with van der Waals surface area (Å²) < 4.78 is 11.0. The van der Waals surface area contributed by atoms with Crippen molar-refractivity contribution >= 4 is 5.82 Å². The highest BCUT2D eigenvalue weighted by molar-refractivity contribution is 5.83. The topological polar surface area (TPSA) is 125 Å². The SMILES string of the molecule is Cc1cc2c(cc1-c1c(C#N)c(N)[nH]c(=O)c1C#N)OCCO2. The molecule has 0 saturated carbocycles.